The second-order valence-corrected chi connectivity index (χ2v) is 8.08. The summed E-state index contributed by atoms with van der Waals surface area (Å²) in [5, 5.41) is 3.53. The standard InChI is InChI=1S/C24H22ClN3O2/c1-16-5-4-14-28-15-21(27-22(16)28)17-6-10-19(11-7-17)26-23(29)24(2,3)30-20-12-8-18(25)9-13-20/h4-15H,1-3H3,(H,26,29). The third-order valence-electron chi connectivity index (χ3n) is 4.85. The van der Waals surface area contributed by atoms with Gasteiger partial charge in [-0.1, -0.05) is 29.8 Å². The molecule has 6 heteroatoms. The summed E-state index contributed by atoms with van der Waals surface area (Å²) < 4.78 is 7.86. The Balaban J connectivity index is 1.47. The zero-order valence-corrected chi connectivity index (χ0v) is 17.8. The third-order valence-corrected chi connectivity index (χ3v) is 5.10. The maximum atomic E-state index is 12.7. The second-order valence-electron chi connectivity index (χ2n) is 7.65. The molecule has 0 spiro atoms. The highest BCUT2D eigenvalue weighted by Gasteiger charge is 2.30. The number of nitrogens with one attached hydrogen (secondary N) is 1. The molecule has 0 aliphatic rings. The second kappa shape index (κ2) is 7.84. The zero-order valence-electron chi connectivity index (χ0n) is 17.0. The summed E-state index contributed by atoms with van der Waals surface area (Å²) in [6.07, 6.45) is 3.98. The minimum atomic E-state index is -1.05. The van der Waals surface area contributed by atoms with Gasteiger partial charge in [-0.15, -0.1) is 0 Å². The third kappa shape index (κ3) is 4.16. The quantitative estimate of drug-likeness (QED) is 0.447. The number of carbonyl (C=O) groups is 1. The van der Waals surface area contributed by atoms with Crippen molar-refractivity contribution in [2.45, 2.75) is 26.4 Å². The van der Waals surface area contributed by atoms with Gasteiger partial charge in [0.25, 0.3) is 5.91 Å². The van der Waals surface area contributed by atoms with Gasteiger partial charge in [0.15, 0.2) is 5.60 Å². The fraction of sp³-hybridized carbons (Fsp3) is 0.167. The van der Waals surface area contributed by atoms with Crippen molar-refractivity contribution in [1.82, 2.24) is 9.38 Å². The average molecular weight is 420 g/mol. The van der Waals surface area contributed by atoms with Gasteiger partial charge >= 0.3 is 0 Å². The molecule has 0 aliphatic carbocycles. The van der Waals surface area contributed by atoms with Crippen LogP contribution >= 0.6 is 11.6 Å². The molecule has 152 valence electrons. The van der Waals surface area contributed by atoms with E-state index in [1.165, 1.54) is 0 Å². The summed E-state index contributed by atoms with van der Waals surface area (Å²) in [6, 6.07) is 18.6. The van der Waals surface area contributed by atoms with Crippen molar-refractivity contribution >= 4 is 28.8 Å². The molecule has 0 saturated carbocycles. The maximum Gasteiger partial charge on any atom is 0.267 e. The van der Waals surface area contributed by atoms with Gasteiger partial charge in [0.1, 0.15) is 11.4 Å². The highest BCUT2D eigenvalue weighted by Crippen LogP contribution is 2.25. The van der Waals surface area contributed by atoms with Crippen molar-refractivity contribution in [1.29, 1.82) is 0 Å². The van der Waals surface area contributed by atoms with Crippen LogP contribution in [0.2, 0.25) is 5.02 Å². The fourth-order valence-electron chi connectivity index (χ4n) is 3.14. The number of aryl methyl sites for hydroxylation is 1. The van der Waals surface area contributed by atoms with Crippen LogP contribution in [0.4, 0.5) is 5.69 Å². The van der Waals surface area contributed by atoms with Crippen molar-refractivity contribution in [3.05, 3.63) is 83.6 Å². The first-order valence-corrected chi connectivity index (χ1v) is 10.0. The molecule has 2 heterocycles. The highest BCUT2D eigenvalue weighted by atomic mass is 35.5. The number of rotatable bonds is 5. The van der Waals surface area contributed by atoms with E-state index < -0.39 is 5.60 Å². The molecule has 1 N–H and O–H groups in total. The highest BCUT2D eigenvalue weighted by molar-refractivity contribution is 6.30. The lowest BCUT2D eigenvalue weighted by atomic mass is 10.1. The van der Waals surface area contributed by atoms with E-state index in [1.54, 1.807) is 38.1 Å². The minimum Gasteiger partial charge on any atom is -0.478 e. The van der Waals surface area contributed by atoms with Crippen LogP contribution in [0.5, 0.6) is 5.75 Å². The lowest BCUT2D eigenvalue weighted by Crippen LogP contribution is -2.42. The molecule has 0 fully saturated rings. The Hall–Kier alpha value is -3.31. The normalized spacial score (nSPS) is 11.5. The number of hydrogen-bond acceptors (Lipinski definition) is 3. The van der Waals surface area contributed by atoms with Crippen molar-refractivity contribution in [3.63, 3.8) is 0 Å². The molecular formula is C24H22ClN3O2. The summed E-state index contributed by atoms with van der Waals surface area (Å²) in [6.45, 7) is 5.49. The molecule has 0 saturated heterocycles. The van der Waals surface area contributed by atoms with Gasteiger partial charge in [-0.3, -0.25) is 4.79 Å². The van der Waals surface area contributed by atoms with E-state index >= 15 is 0 Å². The van der Waals surface area contributed by atoms with Crippen molar-refractivity contribution in [2.75, 3.05) is 5.32 Å². The van der Waals surface area contributed by atoms with Gasteiger partial charge in [0.05, 0.1) is 5.69 Å². The van der Waals surface area contributed by atoms with Crippen LogP contribution in [-0.4, -0.2) is 20.9 Å². The molecule has 1 amide bonds. The van der Waals surface area contributed by atoms with Gasteiger partial charge in [-0.2, -0.15) is 0 Å². The Morgan fingerprint density at radius 1 is 1.07 bits per heavy atom. The number of anilines is 1. The van der Waals surface area contributed by atoms with Crippen LogP contribution in [0.25, 0.3) is 16.9 Å². The first-order chi connectivity index (χ1) is 14.3. The first-order valence-electron chi connectivity index (χ1n) is 9.63. The minimum absolute atomic E-state index is 0.242. The Bertz CT molecular complexity index is 1200. The molecule has 0 bridgehead atoms. The summed E-state index contributed by atoms with van der Waals surface area (Å²) in [7, 11) is 0. The number of fused-ring (bicyclic) bond motifs is 1. The Morgan fingerprint density at radius 3 is 2.43 bits per heavy atom. The number of nitrogens with zero attached hydrogens (tertiary/aromatic N) is 2. The molecule has 0 atom stereocenters. The number of benzene rings is 2. The first kappa shape index (κ1) is 20.0. The predicted octanol–water partition coefficient (Wildman–Crippen LogP) is 5.76. The largest absolute Gasteiger partial charge is 0.478 e. The number of carbonyl (C=O) groups excluding carboxylic acids is 1. The van der Waals surface area contributed by atoms with Gasteiger partial charge in [-0.05, 0) is 68.8 Å². The lowest BCUT2D eigenvalue weighted by molar-refractivity contribution is -0.128. The number of ether oxygens (including phenoxy) is 1. The van der Waals surface area contributed by atoms with Crippen molar-refractivity contribution < 1.29 is 9.53 Å². The van der Waals surface area contributed by atoms with E-state index in [1.807, 2.05) is 60.1 Å². The van der Waals surface area contributed by atoms with E-state index in [2.05, 4.69) is 5.32 Å². The number of aromatic nitrogens is 2. The van der Waals surface area contributed by atoms with Gasteiger partial charge in [0, 0.05) is 28.7 Å². The zero-order chi connectivity index (χ0) is 21.3. The molecule has 2 aromatic carbocycles. The lowest BCUT2D eigenvalue weighted by Gasteiger charge is -2.25. The molecular weight excluding hydrogens is 398 g/mol. The molecule has 4 rings (SSSR count). The Kier molecular flexibility index (Phi) is 5.22. The number of halogens is 1. The van der Waals surface area contributed by atoms with Crippen molar-refractivity contribution in [3.8, 4) is 17.0 Å². The summed E-state index contributed by atoms with van der Waals surface area (Å²) in [4.78, 5) is 17.4. The smallest absolute Gasteiger partial charge is 0.267 e. The van der Waals surface area contributed by atoms with E-state index in [0.717, 1.165) is 22.5 Å². The number of hydrogen-bond donors (Lipinski definition) is 1. The molecule has 4 aromatic rings. The topological polar surface area (TPSA) is 55.6 Å². The van der Waals surface area contributed by atoms with Gasteiger partial charge in [0.2, 0.25) is 0 Å². The van der Waals surface area contributed by atoms with Crippen LogP contribution in [0, 0.1) is 6.92 Å². The Labute approximate surface area is 180 Å². The summed E-state index contributed by atoms with van der Waals surface area (Å²) in [5.74, 6) is 0.339. The summed E-state index contributed by atoms with van der Waals surface area (Å²) >= 11 is 5.90. The van der Waals surface area contributed by atoms with E-state index in [0.29, 0.717) is 16.5 Å². The van der Waals surface area contributed by atoms with Crippen LogP contribution < -0.4 is 10.1 Å². The van der Waals surface area contributed by atoms with Crippen LogP contribution in [0.15, 0.2) is 73.1 Å². The Morgan fingerprint density at radius 2 is 1.77 bits per heavy atom. The van der Waals surface area contributed by atoms with E-state index in [4.69, 9.17) is 21.3 Å². The predicted molar refractivity (Wildman–Crippen MR) is 120 cm³/mol. The molecule has 2 aromatic heterocycles. The summed E-state index contributed by atoms with van der Waals surface area (Å²) in [5.41, 5.74) is 3.56. The number of imidazole rings is 1. The van der Waals surface area contributed by atoms with Gasteiger partial charge in [-0.25, -0.2) is 4.98 Å². The molecule has 5 nitrogen and oxygen atoms in total. The molecule has 0 unspecified atom stereocenters. The number of amides is 1. The maximum absolute atomic E-state index is 12.7. The van der Waals surface area contributed by atoms with Crippen LogP contribution in [0.3, 0.4) is 0 Å². The van der Waals surface area contributed by atoms with E-state index in [9.17, 15) is 4.79 Å². The van der Waals surface area contributed by atoms with Crippen LogP contribution in [-0.2, 0) is 4.79 Å². The fourth-order valence-corrected chi connectivity index (χ4v) is 3.27. The van der Waals surface area contributed by atoms with Crippen molar-refractivity contribution in [2.24, 2.45) is 0 Å². The monoisotopic (exact) mass is 419 g/mol. The van der Waals surface area contributed by atoms with E-state index in [-0.39, 0.29) is 5.91 Å². The number of pyridine rings is 1. The average Bonchev–Trinajstić information content (AvgIpc) is 3.16. The molecule has 30 heavy (non-hydrogen) atoms. The SMILES string of the molecule is Cc1cccn2cc(-c3ccc(NC(=O)C(C)(C)Oc4ccc(Cl)cc4)cc3)nc12. The molecule has 0 radical (unpaired) electrons. The van der Waals surface area contributed by atoms with Crippen LogP contribution in [0.1, 0.15) is 19.4 Å². The molecule has 0 aliphatic heterocycles. The van der Waals surface area contributed by atoms with Gasteiger partial charge < -0.3 is 14.5 Å².